The lowest BCUT2D eigenvalue weighted by atomic mass is 9.94. The number of benzene rings is 2. The average molecular weight is 571 g/mol. The molecule has 0 amide bonds. The summed E-state index contributed by atoms with van der Waals surface area (Å²) in [6.07, 6.45) is 6.26. The summed E-state index contributed by atoms with van der Waals surface area (Å²) >= 11 is 0. The molecule has 0 radical (unpaired) electrons. The Labute approximate surface area is 242 Å². The van der Waals surface area contributed by atoms with Gasteiger partial charge in [0.1, 0.15) is 18.2 Å². The first kappa shape index (κ1) is 27.8. The maximum absolute atomic E-state index is 14.2. The molecule has 2 fully saturated rings. The number of imidazole rings is 1. The minimum atomic E-state index is -0.483. The van der Waals surface area contributed by atoms with E-state index in [1.807, 2.05) is 18.2 Å². The molecule has 0 bridgehead atoms. The zero-order valence-electron chi connectivity index (χ0n) is 23.3. The molecule has 42 heavy (non-hydrogen) atoms. The maximum atomic E-state index is 14.2. The van der Waals surface area contributed by atoms with E-state index in [2.05, 4.69) is 19.4 Å². The van der Waals surface area contributed by atoms with Gasteiger partial charge < -0.3 is 18.8 Å². The highest BCUT2D eigenvalue weighted by Crippen LogP contribution is 2.29. The Bertz CT molecular complexity index is 1640. The van der Waals surface area contributed by atoms with Gasteiger partial charge in [0.05, 0.1) is 66.4 Å². The van der Waals surface area contributed by atoms with Crippen LogP contribution in [-0.4, -0.2) is 63.3 Å². The van der Waals surface area contributed by atoms with E-state index >= 15 is 0 Å². The summed E-state index contributed by atoms with van der Waals surface area (Å²) in [5.41, 5.74) is 3.73. The van der Waals surface area contributed by atoms with Crippen LogP contribution in [0.3, 0.4) is 0 Å². The lowest BCUT2D eigenvalue weighted by molar-refractivity contribution is -0.0592. The number of halogens is 1. The number of fused-ring (bicyclic) bond motifs is 1. The lowest BCUT2D eigenvalue weighted by Crippen LogP contribution is -2.35. The second-order valence-electron chi connectivity index (χ2n) is 10.7. The molecule has 0 saturated carbocycles. The molecule has 11 heteroatoms. The first-order valence-electron chi connectivity index (χ1n) is 14.1. The van der Waals surface area contributed by atoms with Gasteiger partial charge in [-0.05, 0) is 62.7 Å². The normalized spacial score (nSPS) is 17.5. The van der Waals surface area contributed by atoms with Crippen molar-refractivity contribution in [3.05, 3.63) is 82.8 Å². The van der Waals surface area contributed by atoms with Crippen molar-refractivity contribution in [2.45, 2.75) is 51.0 Å². The van der Waals surface area contributed by atoms with Crippen LogP contribution in [0.25, 0.3) is 11.0 Å². The second kappa shape index (κ2) is 12.2. The third kappa shape index (κ3) is 5.95. The van der Waals surface area contributed by atoms with Gasteiger partial charge >= 0.3 is 5.97 Å². The van der Waals surface area contributed by atoms with Crippen molar-refractivity contribution in [2.24, 2.45) is 0 Å². The molecule has 2 aliphatic rings. The monoisotopic (exact) mass is 570 g/mol. The summed E-state index contributed by atoms with van der Waals surface area (Å²) in [6.45, 7) is 3.89. The van der Waals surface area contributed by atoms with E-state index in [0.717, 1.165) is 61.5 Å². The van der Waals surface area contributed by atoms with E-state index in [1.54, 1.807) is 24.4 Å². The van der Waals surface area contributed by atoms with Gasteiger partial charge in [-0.25, -0.2) is 19.2 Å². The topological polar surface area (TPSA) is 115 Å². The number of ether oxygens (including phenoxy) is 3. The molecule has 0 N–H and O–H groups in total. The molecule has 10 nitrogen and oxygen atoms in total. The summed E-state index contributed by atoms with van der Waals surface area (Å²) in [5, 5.41) is 8.93. The number of aromatic nitrogens is 4. The summed E-state index contributed by atoms with van der Waals surface area (Å²) in [7, 11) is 1.38. The minimum absolute atomic E-state index is 0.00212. The second-order valence-corrected chi connectivity index (χ2v) is 10.7. The number of likely N-dealkylation sites (tertiary alicyclic amines) is 1. The Hall–Kier alpha value is -4.40. The standard InChI is InChI=1S/C31H31FN6O4/c1-40-31(39)22-4-5-26-28(13-22)38(17-24-8-11-41-24)29(35-26)18-37-9-6-21(7-10-37)27-15-34-16-30(36-27)42-19-23-3-2-20(14-33)12-25(23)32/h2-5,12-13,15-16,21,24H,6-11,17-19H2,1H3/t24-/m0/s1. The maximum Gasteiger partial charge on any atom is 0.337 e. The van der Waals surface area contributed by atoms with E-state index in [0.29, 0.717) is 30.1 Å². The molecule has 0 unspecified atom stereocenters. The summed E-state index contributed by atoms with van der Waals surface area (Å²) in [4.78, 5) is 28.4. The van der Waals surface area contributed by atoms with Gasteiger partial charge in [-0.15, -0.1) is 0 Å². The number of piperidine rings is 1. The van der Waals surface area contributed by atoms with E-state index in [-0.39, 0.29) is 30.2 Å². The van der Waals surface area contributed by atoms with E-state index in [1.165, 1.54) is 19.4 Å². The van der Waals surface area contributed by atoms with Crippen LogP contribution in [0.1, 0.15) is 58.2 Å². The smallest absolute Gasteiger partial charge is 0.337 e. The molecule has 6 rings (SSSR count). The quantitative estimate of drug-likeness (QED) is 0.271. The van der Waals surface area contributed by atoms with Crippen molar-refractivity contribution in [3.63, 3.8) is 0 Å². The first-order valence-corrected chi connectivity index (χ1v) is 14.1. The van der Waals surface area contributed by atoms with Crippen molar-refractivity contribution in [1.82, 2.24) is 24.4 Å². The fourth-order valence-corrected chi connectivity index (χ4v) is 5.48. The fraction of sp³-hybridized carbons (Fsp3) is 0.387. The highest BCUT2D eigenvalue weighted by Gasteiger charge is 2.26. The third-order valence-corrected chi connectivity index (χ3v) is 7.99. The predicted octanol–water partition coefficient (Wildman–Crippen LogP) is 4.37. The van der Waals surface area contributed by atoms with Crippen LogP contribution < -0.4 is 4.74 Å². The molecule has 216 valence electrons. The Balaban J connectivity index is 1.10. The average Bonchev–Trinajstić information content (AvgIpc) is 3.34. The van der Waals surface area contributed by atoms with Crippen molar-refractivity contribution in [1.29, 1.82) is 5.26 Å². The molecule has 0 aliphatic carbocycles. The molecular formula is C31H31FN6O4. The largest absolute Gasteiger partial charge is 0.472 e. The van der Waals surface area contributed by atoms with Gasteiger partial charge in [0.2, 0.25) is 5.88 Å². The molecule has 2 aromatic carbocycles. The first-order chi connectivity index (χ1) is 20.5. The van der Waals surface area contributed by atoms with Gasteiger partial charge in [0.25, 0.3) is 0 Å². The SMILES string of the molecule is COC(=O)c1ccc2nc(CN3CCC(c4cncc(OCc5ccc(C#N)cc5F)n4)CC3)n(C[C@@H]3CCO3)c2c1. The predicted molar refractivity (Wildman–Crippen MR) is 150 cm³/mol. The number of carbonyl (C=O) groups excluding carboxylic acids is 1. The van der Waals surface area contributed by atoms with Crippen molar-refractivity contribution in [2.75, 3.05) is 26.8 Å². The number of carbonyl (C=O) groups is 1. The van der Waals surface area contributed by atoms with Crippen LogP contribution in [0.4, 0.5) is 4.39 Å². The molecule has 2 aromatic heterocycles. The molecule has 0 spiro atoms. The zero-order chi connectivity index (χ0) is 29.1. The lowest BCUT2D eigenvalue weighted by Gasteiger charge is -2.32. The highest BCUT2D eigenvalue weighted by molar-refractivity contribution is 5.93. The molecule has 2 aliphatic heterocycles. The van der Waals surface area contributed by atoms with Gasteiger partial charge in [0, 0.05) is 24.3 Å². The number of methoxy groups -OCH3 is 1. The van der Waals surface area contributed by atoms with Crippen LogP contribution in [0.15, 0.2) is 48.8 Å². The van der Waals surface area contributed by atoms with Gasteiger partial charge in [-0.2, -0.15) is 5.26 Å². The molecule has 2 saturated heterocycles. The molecular weight excluding hydrogens is 539 g/mol. The van der Waals surface area contributed by atoms with E-state index < -0.39 is 5.82 Å². The Morgan fingerprint density at radius 3 is 2.69 bits per heavy atom. The van der Waals surface area contributed by atoms with Crippen LogP contribution >= 0.6 is 0 Å². The summed E-state index contributed by atoms with van der Waals surface area (Å²) in [5.74, 6) is 0.673. The van der Waals surface area contributed by atoms with E-state index in [4.69, 9.17) is 24.5 Å². The van der Waals surface area contributed by atoms with Crippen LogP contribution in [0.2, 0.25) is 0 Å². The van der Waals surface area contributed by atoms with Gasteiger partial charge in [-0.1, -0.05) is 6.07 Å². The highest BCUT2D eigenvalue weighted by atomic mass is 19.1. The number of rotatable bonds is 9. The Morgan fingerprint density at radius 1 is 1.14 bits per heavy atom. The summed E-state index contributed by atoms with van der Waals surface area (Å²) < 4.78 is 32.8. The van der Waals surface area contributed by atoms with Gasteiger partial charge in [-0.3, -0.25) is 9.88 Å². The molecule has 4 aromatic rings. The van der Waals surface area contributed by atoms with Gasteiger partial charge in [0.15, 0.2) is 0 Å². The zero-order valence-corrected chi connectivity index (χ0v) is 23.3. The number of esters is 1. The Morgan fingerprint density at radius 2 is 1.98 bits per heavy atom. The Kier molecular flexibility index (Phi) is 8.08. The number of nitrogens with zero attached hydrogens (tertiary/aromatic N) is 6. The number of nitriles is 1. The van der Waals surface area contributed by atoms with Crippen molar-refractivity contribution >= 4 is 17.0 Å². The molecule has 1 atom stereocenters. The third-order valence-electron chi connectivity index (χ3n) is 7.99. The van der Waals surface area contributed by atoms with Crippen molar-refractivity contribution < 1.29 is 23.4 Å². The van der Waals surface area contributed by atoms with Crippen LogP contribution in [-0.2, 0) is 29.2 Å². The van der Waals surface area contributed by atoms with Crippen molar-refractivity contribution in [3.8, 4) is 11.9 Å². The molecule has 4 heterocycles. The van der Waals surface area contributed by atoms with Crippen LogP contribution in [0.5, 0.6) is 5.88 Å². The summed E-state index contributed by atoms with van der Waals surface area (Å²) in [6, 6.07) is 11.7. The van der Waals surface area contributed by atoms with Crippen LogP contribution in [0, 0.1) is 17.1 Å². The number of hydrogen-bond acceptors (Lipinski definition) is 9. The minimum Gasteiger partial charge on any atom is -0.472 e. The fourth-order valence-electron chi connectivity index (χ4n) is 5.48. The number of hydrogen-bond donors (Lipinski definition) is 0. The van der Waals surface area contributed by atoms with E-state index in [9.17, 15) is 9.18 Å².